The standard InChI is InChI=1S/C18H29NO5S/c1-5-18(23-7-3)14-19(12-16(24-18)13-22-6-2)25(20,21)17-10-8-15(4)9-11-17/h8-11,16H,5-7,12-14H2,1-4H3/t16-,18-/m1/s1. The molecule has 7 heteroatoms. The third kappa shape index (κ3) is 4.80. The average molecular weight is 371 g/mol. The van der Waals surface area contributed by atoms with Gasteiger partial charge in [-0.15, -0.1) is 0 Å². The zero-order chi connectivity index (χ0) is 18.5. The van der Waals surface area contributed by atoms with E-state index in [-0.39, 0.29) is 24.1 Å². The van der Waals surface area contributed by atoms with E-state index in [0.29, 0.717) is 26.2 Å². The number of morpholine rings is 1. The van der Waals surface area contributed by atoms with E-state index < -0.39 is 15.8 Å². The van der Waals surface area contributed by atoms with E-state index in [4.69, 9.17) is 14.2 Å². The van der Waals surface area contributed by atoms with E-state index >= 15 is 0 Å². The first kappa shape index (κ1) is 20.3. The Morgan fingerprint density at radius 3 is 2.44 bits per heavy atom. The van der Waals surface area contributed by atoms with E-state index in [2.05, 4.69) is 0 Å². The molecule has 2 rings (SSSR count). The first-order valence-corrected chi connectivity index (χ1v) is 10.3. The maximum Gasteiger partial charge on any atom is 0.243 e. The van der Waals surface area contributed by atoms with Crippen LogP contribution < -0.4 is 0 Å². The summed E-state index contributed by atoms with van der Waals surface area (Å²) in [6, 6.07) is 6.90. The summed E-state index contributed by atoms with van der Waals surface area (Å²) >= 11 is 0. The van der Waals surface area contributed by atoms with Crippen LogP contribution in [0.15, 0.2) is 29.2 Å². The third-order valence-electron chi connectivity index (χ3n) is 4.32. The molecule has 1 aromatic rings. The zero-order valence-electron chi connectivity index (χ0n) is 15.5. The van der Waals surface area contributed by atoms with Gasteiger partial charge in [-0.1, -0.05) is 24.6 Å². The Labute approximate surface area is 151 Å². The highest BCUT2D eigenvalue weighted by atomic mass is 32.2. The summed E-state index contributed by atoms with van der Waals surface area (Å²) in [7, 11) is -3.62. The first-order chi connectivity index (χ1) is 11.9. The third-order valence-corrected chi connectivity index (χ3v) is 6.14. The van der Waals surface area contributed by atoms with E-state index in [1.54, 1.807) is 24.3 Å². The fraction of sp³-hybridized carbons (Fsp3) is 0.667. The summed E-state index contributed by atoms with van der Waals surface area (Å²) < 4.78 is 45.1. The molecular weight excluding hydrogens is 342 g/mol. The second kappa shape index (κ2) is 8.60. The number of benzene rings is 1. The minimum atomic E-state index is -3.62. The lowest BCUT2D eigenvalue weighted by Gasteiger charge is -2.44. The van der Waals surface area contributed by atoms with Crippen molar-refractivity contribution in [3.8, 4) is 0 Å². The molecule has 0 spiro atoms. The molecule has 25 heavy (non-hydrogen) atoms. The molecule has 0 aromatic heterocycles. The lowest BCUT2D eigenvalue weighted by molar-refractivity contribution is -0.288. The van der Waals surface area contributed by atoms with Crippen molar-refractivity contribution in [2.24, 2.45) is 0 Å². The van der Waals surface area contributed by atoms with Crippen molar-refractivity contribution in [1.29, 1.82) is 0 Å². The van der Waals surface area contributed by atoms with Crippen molar-refractivity contribution in [2.75, 3.05) is 32.9 Å². The molecule has 142 valence electrons. The van der Waals surface area contributed by atoms with Gasteiger partial charge < -0.3 is 14.2 Å². The van der Waals surface area contributed by atoms with Crippen LogP contribution in [0, 0.1) is 6.92 Å². The van der Waals surface area contributed by atoms with Gasteiger partial charge in [-0.2, -0.15) is 4.31 Å². The molecule has 1 aliphatic rings. The van der Waals surface area contributed by atoms with Crippen LogP contribution in [-0.4, -0.2) is 57.5 Å². The van der Waals surface area contributed by atoms with Crippen molar-refractivity contribution in [3.63, 3.8) is 0 Å². The van der Waals surface area contributed by atoms with Crippen molar-refractivity contribution in [1.82, 2.24) is 4.31 Å². The molecule has 1 aliphatic heterocycles. The fourth-order valence-corrected chi connectivity index (χ4v) is 4.46. The monoisotopic (exact) mass is 371 g/mol. The molecule has 0 N–H and O–H groups in total. The summed E-state index contributed by atoms with van der Waals surface area (Å²) in [5.74, 6) is -0.938. The van der Waals surface area contributed by atoms with Crippen molar-refractivity contribution in [2.45, 2.75) is 50.9 Å². The van der Waals surface area contributed by atoms with Gasteiger partial charge in [0, 0.05) is 19.8 Å². The van der Waals surface area contributed by atoms with Crippen LogP contribution in [0.3, 0.4) is 0 Å². The van der Waals surface area contributed by atoms with E-state index in [9.17, 15) is 8.42 Å². The van der Waals surface area contributed by atoms with E-state index in [0.717, 1.165) is 5.56 Å². The number of hydrogen-bond acceptors (Lipinski definition) is 5. The maximum atomic E-state index is 13.1. The highest BCUT2D eigenvalue weighted by Gasteiger charge is 2.44. The van der Waals surface area contributed by atoms with Crippen molar-refractivity contribution < 1.29 is 22.6 Å². The molecule has 2 atom stereocenters. The van der Waals surface area contributed by atoms with Gasteiger partial charge in [-0.25, -0.2) is 8.42 Å². The minimum absolute atomic E-state index is 0.177. The maximum absolute atomic E-state index is 13.1. The molecule has 0 saturated carbocycles. The molecule has 1 fully saturated rings. The summed E-state index contributed by atoms with van der Waals surface area (Å²) in [5.41, 5.74) is 1.02. The summed E-state index contributed by atoms with van der Waals surface area (Å²) in [6.45, 7) is 9.43. The Bertz CT molecular complexity index is 646. The van der Waals surface area contributed by atoms with E-state index in [1.807, 2.05) is 27.7 Å². The molecule has 6 nitrogen and oxygen atoms in total. The molecule has 0 unspecified atom stereocenters. The predicted molar refractivity (Wildman–Crippen MR) is 96.0 cm³/mol. The lowest BCUT2D eigenvalue weighted by atomic mass is 10.1. The van der Waals surface area contributed by atoms with Crippen LogP contribution in [0.5, 0.6) is 0 Å². The van der Waals surface area contributed by atoms with Crippen LogP contribution in [-0.2, 0) is 24.2 Å². The largest absolute Gasteiger partial charge is 0.379 e. The predicted octanol–water partition coefficient (Wildman–Crippen LogP) is 2.56. The number of hydrogen-bond donors (Lipinski definition) is 0. The molecule has 0 bridgehead atoms. The smallest absolute Gasteiger partial charge is 0.243 e. The van der Waals surface area contributed by atoms with E-state index in [1.165, 1.54) is 4.31 Å². The topological polar surface area (TPSA) is 65.1 Å². The van der Waals surface area contributed by atoms with Gasteiger partial charge in [0.1, 0.15) is 0 Å². The van der Waals surface area contributed by atoms with Gasteiger partial charge >= 0.3 is 0 Å². The van der Waals surface area contributed by atoms with Gasteiger partial charge in [0.05, 0.1) is 24.2 Å². The molecule has 0 amide bonds. The number of nitrogens with zero attached hydrogens (tertiary/aromatic N) is 1. The van der Waals surface area contributed by atoms with Gasteiger partial charge in [0.15, 0.2) is 5.79 Å². The number of sulfonamides is 1. The van der Waals surface area contributed by atoms with Crippen LogP contribution in [0.2, 0.25) is 0 Å². The Morgan fingerprint density at radius 1 is 1.20 bits per heavy atom. The lowest BCUT2D eigenvalue weighted by Crippen LogP contribution is -2.59. The van der Waals surface area contributed by atoms with Crippen LogP contribution in [0.4, 0.5) is 0 Å². The van der Waals surface area contributed by atoms with Gasteiger partial charge in [0.25, 0.3) is 0 Å². The minimum Gasteiger partial charge on any atom is -0.379 e. The number of aryl methyl sites for hydroxylation is 1. The molecule has 0 aliphatic carbocycles. The fourth-order valence-electron chi connectivity index (χ4n) is 2.96. The zero-order valence-corrected chi connectivity index (χ0v) is 16.3. The van der Waals surface area contributed by atoms with Gasteiger partial charge in [-0.3, -0.25) is 0 Å². The number of ether oxygens (including phenoxy) is 3. The molecule has 1 aromatic carbocycles. The number of rotatable bonds is 8. The molecular formula is C18H29NO5S. The van der Waals surface area contributed by atoms with Gasteiger partial charge in [-0.05, 0) is 39.3 Å². The second-order valence-corrected chi connectivity index (χ2v) is 8.15. The molecule has 1 heterocycles. The normalized spacial score (nSPS) is 25.2. The molecule has 1 saturated heterocycles. The molecule has 0 radical (unpaired) electrons. The van der Waals surface area contributed by atoms with Crippen LogP contribution in [0.1, 0.15) is 32.8 Å². The second-order valence-electron chi connectivity index (χ2n) is 6.21. The quantitative estimate of drug-likeness (QED) is 0.703. The van der Waals surface area contributed by atoms with Crippen LogP contribution in [0.25, 0.3) is 0 Å². The SMILES string of the molecule is CCOC[C@H]1CN(S(=O)(=O)c2ccc(C)cc2)C[C@](CC)(OCC)O1. The van der Waals surface area contributed by atoms with Crippen molar-refractivity contribution >= 4 is 10.0 Å². The Hall–Kier alpha value is -0.990. The average Bonchev–Trinajstić information content (AvgIpc) is 2.60. The highest BCUT2D eigenvalue weighted by molar-refractivity contribution is 7.89. The summed E-state index contributed by atoms with van der Waals surface area (Å²) in [5, 5.41) is 0. The first-order valence-electron chi connectivity index (χ1n) is 8.83. The Morgan fingerprint density at radius 2 is 1.88 bits per heavy atom. The summed E-state index contributed by atoms with van der Waals surface area (Å²) in [4.78, 5) is 0.289. The summed E-state index contributed by atoms with van der Waals surface area (Å²) in [6.07, 6.45) is 0.198. The van der Waals surface area contributed by atoms with Crippen molar-refractivity contribution in [3.05, 3.63) is 29.8 Å². The van der Waals surface area contributed by atoms with Gasteiger partial charge in [0.2, 0.25) is 10.0 Å². The Kier molecular flexibility index (Phi) is 6.99. The van der Waals surface area contributed by atoms with Crippen LogP contribution >= 0.6 is 0 Å². The Balaban J connectivity index is 2.31. The highest BCUT2D eigenvalue weighted by Crippen LogP contribution is 2.30.